The first-order valence-electron chi connectivity index (χ1n) is 20.6. The molecule has 0 unspecified atom stereocenters. The highest BCUT2D eigenvalue weighted by Crippen LogP contribution is 2.74. The molecule has 55 heavy (non-hydrogen) atoms. The zero-order valence-corrected chi connectivity index (χ0v) is 33.7. The number of allylic oxidation sites excluding steroid dienone is 4. The Morgan fingerprint density at radius 1 is 0.691 bits per heavy atom. The maximum Gasteiger partial charge on any atom is 0.187 e. The highest BCUT2D eigenvalue weighted by Gasteiger charge is 2.69. The van der Waals surface area contributed by atoms with Gasteiger partial charge in [0.2, 0.25) is 0 Å². The third kappa shape index (κ3) is 6.12. The molecule has 7 aliphatic rings. The van der Waals surface area contributed by atoms with Crippen molar-refractivity contribution in [3.05, 3.63) is 23.3 Å². The minimum atomic E-state index is -1.73. The Balaban J connectivity index is 1.15. The summed E-state index contributed by atoms with van der Waals surface area (Å²) in [4.78, 5) is 0. The standard InChI is InChI=1S/C42H68O13/c1-21-29(47)34(55-35-32(50)31(49)30(48)24(18-43)53-35)33(51)36(52-21)54-28-11-12-38(4)25(39(28,5)19-44)10-13-40(6)26(38)9-8-22-23-16-37(2,3)14-15-42(23,20-45)27(46)17-41(22,40)7/h8-9,21,23-25,27-36,43-51H,10-20H2,1-7H3/t21-,23+,24-,25-,27+,28+,29+,30-,31+,32-,33-,34+,35+,36+,38+,39+,40-,41-,42-/m0/s1. The lowest BCUT2D eigenvalue weighted by Crippen LogP contribution is -2.66. The molecule has 0 radical (unpaired) electrons. The fourth-order valence-corrected chi connectivity index (χ4v) is 13.0. The Morgan fingerprint density at radius 3 is 2.04 bits per heavy atom. The van der Waals surface area contributed by atoms with Crippen molar-refractivity contribution < 1.29 is 64.9 Å². The number of rotatable bonds is 7. The van der Waals surface area contributed by atoms with Crippen LogP contribution in [0, 0.1) is 44.3 Å². The van der Waals surface area contributed by atoms with Crippen LogP contribution in [0.2, 0.25) is 0 Å². The number of hydrogen-bond acceptors (Lipinski definition) is 13. The molecule has 314 valence electrons. The van der Waals surface area contributed by atoms with Gasteiger partial charge in [-0.2, -0.15) is 0 Å². The zero-order chi connectivity index (χ0) is 40.3. The fourth-order valence-electron chi connectivity index (χ4n) is 13.0. The van der Waals surface area contributed by atoms with Crippen molar-refractivity contribution in [1.29, 1.82) is 0 Å². The number of ether oxygens (including phenoxy) is 4. The van der Waals surface area contributed by atoms with Gasteiger partial charge in [0.05, 0.1) is 38.1 Å². The normalized spacial score (nSPS) is 54.9. The van der Waals surface area contributed by atoms with Crippen molar-refractivity contribution in [2.24, 2.45) is 44.3 Å². The largest absolute Gasteiger partial charge is 0.396 e. The lowest BCUT2D eigenvalue weighted by Gasteiger charge is -2.69. The molecule has 0 aromatic carbocycles. The first kappa shape index (κ1) is 42.1. The molecule has 2 aliphatic heterocycles. The van der Waals surface area contributed by atoms with Gasteiger partial charge in [-0.05, 0) is 86.4 Å². The summed E-state index contributed by atoms with van der Waals surface area (Å²) >= 11 is 0. The van der Waals surface area contributed by atoms with Crippen LogP contribution in [0.25, 0.3) is 0 Å². The Bertz CT molecular complexity index is 1500. The molecule has 0 bridgehead atoms. The first-order valence-corrected chi connectivity index (χ1v) is 20.6. The van der Waals surface area contributed by atoms with Crippen LogP contribution >= 0.6 is 0 Å². The maximum atomic E-state index is 12.0. The van der Waals surface area contributed by atoms with E-state index in [0.717, 1.165) is 38.5 Å². The molecular weight excluding hydrogens is 712 g/mol. The van der Waals surface area contributed by atoms with E-state index >= 15 is 0 Å². The molecule has 13 nitrogen and oxygen atoms in total. The van der Waals surface area contributed by atoms with E-state index < -0.39 is 91.1 Å². The summed E-state index contributed by atoms with van der Waals surface area (Å²) in [6.45, 7) is 14.4. The van der Waals surface area contributed by atoms with E-state index in [2.05, 4.69) is 46.8 Å². The predicted octanol–water partition coefficient (Wildman–Crippen LogP) is 1.68. The predicted molar refractivity (Wildman–Crippen MR) is 199 cm³/mol. The van der Waals surface area contributed by atoms with Crippen molar-refractivity contribution in [2.45, 2.75) is 173 Å². The third-order valence-electron chi connectivity index (χ3n) is 16.9. The molecular formula is C42H68O13. The minimum Gasteiger partial charge on any atom is -0.396 e. The van der Waals surface area contributed by atoms with E-state index in [-0.39, 0.29) is 46.7 Å². The summed E-state index contributed by atoms with van der Waals surface area (Å²) in [7, 11) is 0. The summed E-state index contributed by atoms with van der Waals surface area (Å²) in [6.07, 6.45) is -4.66. The van der Waals surface area contributed by atoms with E-state index in [1.807, 2.05) is 6.92 Å². The van der Waals surface area contributed by atoms with Crippen molar-refractivity contribution in [3.63, 3.8) is 0 Å². The minimum absolute atomic E-state index is 0.00908. The average molecular weight is 781 g/mol. The molecule has 13 heteroatoms. The molecule has 9 N–H and O–H groups in total. The number of hydrogen-bond donors (Lipinski definition) is 9. The molecule has 0 aromatic heterocycles. The highest BCUT2D eigenvalue weighted by atomic mass is 16.7. The van der Waals surface area contributed by atoms with E-state index in [1.54, 1.807) is 6.92 Å². The summed E-state index contributed by atoms with van der Waals surface area (Å²) in [6, 6.07) is 0. The molecule has 7 rings (SSSR count). The topological polar surface area (TPSA) is 219 Å². The maximum absolute atomic E-state index is 12.0. The van der Waals surface area contributed by atoms with Crippen LogP contribution in [0.1, 0.15) is 99.8 Å². The first-order chi connectivity index (χ1) is 25.7. The van der Waals surface area contributed by atoms with Gasteiger partial charge in [0.15, 0.2) is 12.6 Å². The summed E-state index contributed by atoms with van der Waals surface area (Å²) < 4.78 is 24.0. The van der Waals surface area contributed by atoms with E-state index in [9.17, 15) is 46.0 Å². The van der Waals surface area contributed by atoms with Crippen LogP contribution in [0.15, 0.2) is 23.3 Å². The Kier molecular flexibility index (Phi) is 11.0. The van der Waals surface area contributed by atoms with Crippen molar-refractivity contribution in [2.75, 3.05) is 19.8 Å². The molecule has 4 saturated carbocycles. The van der Waals surface area contributed by atoms with Gasteiger partial charge in [-0.25, -0.2) is 0 Å². The number of aliphatic hydroxyl groups excluding tert-OH is 9. The van der Waals surface area contributed by atoms with Crippen molar-refractivity contribution in [3.8, 4) is 0 Å². The monoisotopic (exact) mass is 780 g/mol. The average Bonchev–Trinajstić information content (AvgIpc) is 3.13. The van der Waals surface area contributed by atoms with Crippen LogP contribution in [0.3, 0.4) is 0 Å². The van der Waals surface area contributed by atoms with Crippen molar-refractivity contribution in [1.82, 2.24) is 0 Å². The van der Waals surface area contributed by atoms with Gasteiger partial charge in [-0.15, -0.1) is 0 Å². The van der Waals surface area contributed by atoms with Crippen LogP contribution in [-0.4, -0.2) is 139 Å². The third-order valence-corrected chi connectivity index (χ3v) is 16.9. The summed E-state index contributed by atoms with van der Waals surface area (Å²) in [5, 5.41) is 97.6. The van der Waals surface area contributed by atoms with Crippen LogP contribution in [0.4, 0.5) is 0 Å². The molecule has 0 aromatic rings. The summed E-state index contributed by atoms with van der Waals surface area (Å²) in [5.41, 5.74) is 0.594. The van der Waals surface area contributed by atoms with Crippen LogP contribution in [0.5, 0.6) is 0 Å². The van der Waals surface area contributed by atoms with Crippen LogP contribution < -0.4 is 0 Å². The highest BCUT2D eigenvalue weighted by molar-refractivity contribution is 5.46. The molecule has 0 amide bonds. The SMILES string of the molecule is C[C@@H]1O[C@H](O[C@@H]2CC[C@@]3(C)C4=CC=C5[C@H]6CC(C)(C)CC[C@@]6(CO)[C@H](O)C[C@]5(C)[C@@]4(C)CC[C@@H]3[C@@]2(C)CO)[C@@H](O)[C@H](O[C@H]2O[C@@H](CO)[C@H](O)[C@@H](O)[C@@H]2O)[C@@H]1O. The second kappa shape index (κ2) is 14.3. The van der Waals surface area contributed by atoms with E-state index in [4.69, 9.17) is 18.9 Å². The molecule has 0 spiro atoms. The van der Waals surface area contributed by atoms with Gasteiger partial charge in [0.1, 0.15) is 42.7 Å². The second-order valence-electron chi connectivity index (χ2n) is 20.2. The molecule has 6 fully saturated rings. The number of fused-ring (bicyclic) bond motifs is 7. The van der Waals surface area contributed by atoms with Gasteiger partial charge in [0, 0.05) is 16.2 Å². The van der Waals surface area contributed by atoms with Crippen molar-refractivity contribution >= 4 is 0 Å². The van der Waals surface area contributed by atoms with Crippen LogP contribution in [-0.2, 0) is 18.9 Å². The lowest BCUT2D eigenvalue weighted by molar-refractivity contribution is -0.366. The number of aliphatic hydroxyl groups is 9. The van der Waals surface area contributed by atoms with E-state index in [1.165, 1.54) is 11.1 Å². The van der Waals surface area contributed by atoms with Gasteiger partial charge in [-0.3, -0.25) is 0 Å². The molecule has 2 heterocycles. The Morgan fingerprint density at radius 2 is 1.38 bits per heavy atom. The molecule has 19 atom stereocenters. The Labute approximate surface area is 325 Å². The van der Waals surface area contributed by atoms with E-state index in [0.29, 0.717) is 12.8 Å². The zero-order valence-electron chi connectivity index (χ0n) is 33.7. The van der Waals surface area contributed by atoms with Gasteiger partial charge < -0.3 is 64.9 Å². The smallest absolute Gasteiger partial charge is 0.187 e. The molecule has 2 saturated heterocycles. The van der Waals surface area contributed by atoms with Gasteiger partial charge in [-0.1, -0.05) is 64.8 Å². The Hall–Kier alpha value is -1.04. The second-order valence-corrected chi connectivity index (χ2v) is 20.2. The quantitative estimate of drug-likeness (QED) is 0.168. The lowest BCUT2D eigenvalue weighted by atomic mass is 9.35. The summed E-state index contributed by atoms with van der Waals surface area (Å²) in [5.74, 6) is 0.0727. The van der Waals surface area contributed by atoms with Gasteiger partial charge >= 0.3 is 0 Å². The van der Waals surface area contributed by atoms with Gasteiger partial charge in [0.25, 0.3) is 0 Å². The fraction of sp³-hybridized carbons (Fsp3) is 0.905. The molecule has 5 aliphatic carbocycles.